The van der Waals surface area contributed by atoms with Gasteiger partial charge in [0, 0.05) is 21.3 Å². The van der Waals surface area contributed by atoms with Gasteiger partial charge < -0.3 is 15.7 Å². The lowest BCUT2D eigenvalue weighted by atomic mass is 10.4. The van der Waals surface area contributed by atoms with E-state index in [0.717, 1.165) is 9.35 Å². The van der Waals surface area contributed by atoms with E-state index in [1.165, 1.54) is 11.3 Å². The van der Waals surface area contributed by atoms with Gasteiger partial charge in [0.25, 0.3) is 0 Å². The second kappa shape index (κ2) is 6.49. The third-order valence-electron chi connectivity index (χ3n) is 1.67. The Morgan fingerprint density at radius 1 is 1.44 bits per heavy atom. The quantitative estimate of drug-likeness (QED) is 0.776. The highest BCUT2D eigenvalue weighted by Gasteiger charge is 2.03. The highest BCUT2D eigenvalue weighted by atomic mass is 79.9. The summed E-state index contributed by atoms with van der Waals surface area (Å²) in [5, 5.41) is 15.4. The summed E-state index contributed by atoms with van der Waals surface area (Å²) >= 11 is 4.85. The lowest BCUT2D eigenvalue weighted by Crippen LogP contribution is -2.36. The maximum absolute atomic E-state index is 11.2. The van der Waals surface area contributed by atoms with Crippen LogP contribution in [-0.4, -0.2) is 23.7 Å². The summed E-state index contributed by atoms with van der Waals surface area (Å²) in [5.41, 5.74) is 0. The van der Waals surface area contributed by atoms with Crippen LogP contribution in [0.1, 0.15) is 11.3 Å². The van der Waals surface area contributed by atoms with Crippen LogP contribution in [0.5, 0.6) is 0 Å². The van der Waals surface area contributed by atoms with Crippen molar-refractivity contribution in [2.75, 3.05) is 6.54 Å². The normalized spacial score (nSPS) is 9.81. The molecule has 88 valence electrons. The van der Waals surface area contributed by atoms with Crippen LogP contribution in [0.25, 0.3) is 0 Å². The molecule has 0 aromatic carbocycles. The monoisotopic (exact) mass is 306 g/mol. The first-order chi connectivity index (χ1) is 7.58. The molecule has 1 aromatic rings. The highest BCUT2D eigenvalue weighted by molar-refractivity contribution is 9.10. The number of carboxylic acid groups (broad SMARTS) is 1. The molecule has 0 aliphatic heterocycles. The van der Waals surface area contributed by atoms with Crippen molar-refractivity contribution in [1.29, 1.82) is 0 Å². The first-order valence-corrected chi connectivity index (χ1v) is 6.21. The Hall–Kier alpha value is -1.08. The molecule has 1 aromatic heterocycles. The molecule has 2 amide bonds. The van der Waals surface area contributed by atoms with Crippen molar-refractivity contribution in [2.24, 2.45) is 0 Å². The topological polar surface area (TPSA) is 78.4 Å². The van der Waals surface area contributed by atoms with Crippen molar-refractivity contribution in [1.82, 2.24) is 10.6 Å². The van der Waals surface area contributed by atoms with Gasteiger partial charge in [-0.25, -0.2) is 4.79 Å². The Morgan fingerprint density at radius 2 is 2.19 bits per heavy atom. The van der Waals surface area contributed by atoms with Crippen LogP contribution < -0.4 is 10.6 Å². The second-order valence-corrected chi connectivity index (χ2v) is 4.90. The molecule has 3 N–H and O–H groups in total. The van der Waals surface area contributed by atoms with Gasteiger partial charge in [-0.2, -0.15) is 0 Å². The first kappa shape index (κ1) is 13.0. The van der Waals surface area contributed by atoms with E-state index in [1.54, 1.807) is 0 Å². The predicted octanol–water partition coefficient (Wildman–Crippen LogP) is 1.78. The van der Waals surface area contributed by atoms with Crippen molar-refractivity contribution >= 4 is 39.3 Å². The zero-order valence-corrected chi connectivity index (χ0v) is 10.7. The van der Waals surface area contributed by atoms with Gasteiger partial charge >= 0.3 is 12.0 Å². The van der Waals surface area contributed by atoms with E-state index in [9.17, 15) is 9.59 Å². The Labute approximate surface area is 105 Å². The average Bonchev–Trinajstić information content (AvgIpc) is 2.61. The van der Waals surface area contributed by atoms with Crippen molar-refractivity contribution in [3.63, 3.8) is 0 Å². The smallest absolute Gasteiger partial charge is 0.315 e. The van der Waals surface area contributed by atoms with Crippen LogP contribution in [-0.2, 0) is 11.3 Å². The number of carbonyl (C=O) groups excluding carboxylic acids is 1. The van der Waals surface area contributed by atoms with Gasteiger partial charge in [-0.15, -0.1) is 11.3 Å². The van der Waals surface area contributed by atoms with Gasteiger partial charge in [0.15, 0.2) is 0 Å². The predicted molar refractivity (Wildman–Crippen MR) is 64.5 cm³/mol. The highest BCUT2D eigenvalue weighted by Crippen LogP contribution is 2.19. The summed E-state index contributed by atoms with van der Waals surface area (Å²) in [6.45, 7) is 0.574. The molecule has 0 bridgehead atoms. The fraction of sp³-hybridized carbons (Fsp3) is 0.333. The number of hydrogen-bond donors (Lipinski definition) is 3. The van der Waals surface area contributed by atoms with E-state index in [2.05, 4.69) is 26.6 Å². The molecule has 1 rings (SSSR count). The van der Waals surface area contributed by atoms with Crippen molar-refractivity contribution in [3.8, 4) is 0 Å². The molecule has 16 heavy (non-hydrogen) atoms. The number of aliphatic carboxylic acids is 1. The lowest BCUT2D eigenvalue weighted by Gasteiger charge is -2.04. The number of carbonyl (C=O) groups is 2. The molecule has 0 atom stereocenters. The third-order valence-corrected chi connectivity index (χ3v) is 3.37. The molecule has 0 aliphatic carbocycles. The number of halogens is 1. The molecule has 0 saturated carbocycles. The largest absolute Gasteiger partial charge is 0.481 e. The number of rotatable bonds is 5. The van der Waals surface area contributed by atoms with Crippen molar-refractivity contribution in [3.05, 3.63) is 20.8 Å². The van der Waals surface area contributed by atoms with Crippen LogP contribution in [0.15, 0.2) is 15.9 Å². The molecule has 0 unspecified atom stereocenters. The number of nitrogens with one attached hydrogen (secondary N) is 2. The van der Waals surface area contributed by atoms with E-state index in [0.29, 0.717) is 6.54 Å². The zero-order chi connectivity index (χ0) is 12.0. The molecule has 0 fully saturated rings. The van der Waals surface area contributed by atoms with Gasteiger partial charge in [-0.05, 0) is 22.0 Å². The minimum atomic E-state index is -0.928. The maximum Gasteiger partial charge on any atom is 0.315 e. The Balaban J connectivity index is 2.17. The fourth-order valence-electron chi connectivity index (χ4n) is 0.959. The van der Waals surface area contributed by atoms with Gasteiger partial charge in [0.2, 0.25) is 0 Å². The van der Waals surface area contributed by atoms with Gasteiger partial charge in [-0.1, -0.05) is 0 Å². The van der Waals surface area contributed by atoms with Gasteiger partial charge in [-0.3, -0.25) is 4.79 Å². The first-order valence-electron chi connectivity index (χ1n) is 4.54. The van der Waals surface area contributed by atoms with E-state index in [1.807, 2.05) is 11.4 Å². The minimum Gasteiger partial charge on any atom is -0.481 e. The van der Waals surface area contributed by atoms with E-state index in [4.69, 9.17) is 5.11 Å². The SMILES string of the molecule is O=C(O)CCNC(=O)NCc1cc(Br)cs1. The second-order valence-electron chi connectivity index (χ2n) is 2.98. The summed E-state index contributed by atoms with van der Waals surface area (Å²) in [6.07, 6.45) is -0.0715. The summed E-state index contributed by atoms with van der Waals surface area (Å²) in [5.74, 6) is -0.928. The van der Waals surface area contributed by atoms with Gasteiger partial charge in [0.1, 0.15) is 0 Å². The Bertz CT molecular complexity index is 381. The number of hydrogen-bond acceptors (Lipinski definition) is 3. The number of thiophene rings is 1. The van der Waals surface area contributed by atoms with Gasteiger partial charge in [0.05, 0.1) is 13.0 Å². The molecular formula is C9H11BrN2O3S. The molecule has 0 spiro atoms. The van der Waals surface area contributed by atoms with E-state index in [-0.39, 0.29) is 19.0 Å². The number of amides is 2. The number of carboxylic acids is 1. The van der Waals surface area contributed by atoms with Crippen LogP contribution in [0.4, 0.5) is 4.79 Å². The van der Waals surface area contributed by atoms with Crippen LogP contribution in [0.2, 0.25) is 0 Å². The summed E-state index contributed by atoms with van der Waals surface area (Å²) in [7, 11) is 0. The molecule has 0 radical (unpaired) electrons. The standard InChI is InChI=1S/C9H11BrN2O3S/c10-6-3-7(16-5-6)4-12-9(15)11-2-1-8(13)14/h3,5H,1-2,4H2,(H,13,14)(H2,11,12,15). The third kappa shape index (κ3) is 5.13. The molecule has 0 saturated heterocycles. The summed E-state index contributed by atoms with van der Waals surface area (Å²) in [6, 6.07) is 1.56. The fourth-order valence-corrected chi connectivity index (χ4v) is 2.35. The van der Waals surface area contributed by atoms with E-state index < -0.39 is 5.97 Å². The van der Waals surface area contributed by atoms with Crippen molar-refractivity contribution in [2.45, 2.75) is 13.0 Å². The zero-order valence-electron chi connectivity index (χ0n) is 8.33. The minimum absolute atomic E-state index is 0.0715. The van der Waals surface area contributed by atoms with Crippen LogP contribution in [0.3, 0.4) is 0 Å². The Kier molecular flexibility index (Phi) is 5.27. The van der Waals surface area contributed by atoms with Crippen LogP contribution >= 0.6 is 27.3 Å². The van der Waals surface area contributed by atoms with E-state index >= 15 is 0 Å². The lowest BCUT2D eigenvalue weighted by molar-refractivity contribution is -0.136. The van der Waals surface area contributed by atoms with Crippen molar-refractivity contribution < 1.29 is 14.7 Å². The summed E-state index contributed by atoms with van der Waals surface area (Å²) < 4.78 is 0.987. The molecule has 1 heterocycles. The number of urea groups is 1. The van der Waals surface area contributed by atoms with Crippen LogP contribution in [0, 0.1) is 0 Å². The Morgan fingerprint density at radius 3 is 2.75 bits per heavy atom. The maximum atomic E-state index is 11.2. The summed E-state index contributed by atoms with van der Waals surface area (Å²) in [4.78, 5) is 22.4. The average molecular weight is 307 g/mol. The molecule has 7 heteroatoms. The molecule has 5 nitrogen and oxygen atoms in total. The molecule has 0 aliphatic rings. The molecular weight excluding hydrogens is 296 g/mol.